The number of sulfone groups is 1. The van der Waals surface area contributed by atoms with Crippen LogP contribution >= 0.6 is 12.2 Å². The third-order valence-corrected chi connectivity index (χ3v) is 6.79. The van der Waals surface area contributed by atoms with E-state index in [1.807, 2.05) is 6.92 Å². The quantitative estimate of drug-likeness (QED) is 0.690. The summed E-state index contributed by atoms with van der Waals surface area (Å²) in [6.45, 7) is 4.84. The van der Waals surface area contributed by atoms with Crippen molar-refractivity contribution in [2.75, 3.05) is 18.1 Å². The molecule has 148 valence electrons. The van der Waals surface area contributed by atoms with Gasteiger partial charge >= 0.3 is 0 Å². The molecule has 0 bridgehead atoms. The van der Waals surface area contributed by atoms with Crippen LogP contribution < -0.4 is 9.64 Å². The molecule has 0 aliphatic carbocycles. The molecule has 1 aromatic heterocycles. The zero-order chi connectivity index (χ0) is 19.6. The van der Waals surface area contributed by atoms with Gasteiger partial charge in [-0.05, 0) is 38.2 Å². The lowest BCUT2D eigenvalue weighted by atomic mass is 10.2. The normalized spacial score (nSPS) is 21.1. The van der Waals surface area contributed by atoms with Crippen molar-refractivity contribution < 1.29 is 26.9 Å². The van der Waals surface area contributed by atoms with E-state index in [0.717, 1.165) is 11.4 Å². The number of para-hydroxylation sites is 1. The summed E-state index contributed by atoms with van der Waals surface area (Å²) < 4.78 is 49.9. The maximum atomic E-state index is 13.7. The van der Waals surface area contributed by atoms with Crippen LogP contribution in [0.4, 0.5) is 4.39 Å². The molecular weight excluding hydrogens is 393 g/mol. The summed E-state index contributed by atoms with van der Waals surface area (Å²) in [6, 6.07) is 6.13. The van der Waals surface area contributed by atoms with E-state index in [2.05, 4.69) is 5.10 Å². The maximum absolute atomic E-state index is 13.7. The Morgan fingerprint density at radius 3 is 2.85 bits per heavy atom. The highest BCUT2D eigenvalue weighted by atomic mass is 32.2. The molecule has 1 aliphatic heterocycles. The number of hydrogen-bond donors (Lipinski definition) is 1. The average Bonchev–Trinajstić information content (AvgIpc) is 3.17. The van der Waals surface area contributed by atoms with E-state index in [-0.39, 0.29) is 34.0 Å². The number of rotatable bonds is 7. The standard InChI is InChI=1S/C17H22FN3O4S2/c1-3-20(13-8-9-27(22,23)10-13)11-21-17(26)25-16(19-21)12(2)24-15-7-5-4-6-14(15)18/h4-7,12-13H,3,8-11H2,1-2H3/p+1/t12-,13-/m1/s1. The van der Waals surface area contributed by atoms with E-state index in [9.17, 15) is 12.8 Å². The van der Waals surface area contributed by atoms with Gasteiger partial charge in [0.2, 0.25) is 0 Å². The highest BCUT2D eigenvalue weighted by Crippen LogP contribution is 2.23. The van der Waals surface area contributed by atoms with Crippen molar-refractivity contribution in [2.45, 2.75) is 39.1 Å². The van der Waals surface area contributed by atoms with E-state index < -0.39 is 21.8 Å². The van der Waals surface area contributed by atoms with Crippen molar-refractivity contribution in [1.82, 2.24) is 9.78 Å². The highest BCUT2D eigenvalue weighted by Gasteiger charge is 2.35. The molecule has 3 atom stereocenters. The molecule has 1 aromatic carbocycles. The summed E-state index contributed by atoms with van der Waals surface area (Å²) in [4.78, 5) is 1.26. The third kappa shape index (κ3) is 4.74. The summed E-state index contributed by atoms with van der Waals surface area (Å²) in [7, 11) is -2.96. The molecule has 1 unspecified atom stereocenters. The molecule has 27 heavy (non-hydrogen) atoms. The Kier molecular flexibility index (Phi) is 5.97. The second-order valence-corrected chi connectivity index (χ2v) is 9.24. The van der Waals surface area contributed by atoms with Gasteiger partial charge in [-0.3, -0.25) is 0 Å². The SMILES string of the molecule is CC[NH+](Cn1nc([C@@H](C)Oc2ccccc2F)oc1=S)[C@@H]1CCS(=O)(=O)C1. The molecule has 0 spiro atoms. The first kappa shape index (κ1) is 20.0. The number of benzene rings is 1. The van der Waals surface area contributed by atoms with Gasteiger partial charge in [0.1, 0.15) is 11.8 Å². The molecule has 1 aliphatic rings. The topological polar surface area (TPSA) is 78.8 Å². The molecule has 1 saturated heterocycles. The number of nitrogens with zero attached hydrogens (tertiary/aromatic N) is 2. The van der Waals surface area contributed by atoms with Crippen molar-refractivity contribution in [1.29, 1.82) is 0 Å². The smallest absolute Gasteiger partial charge is 0.292 e. The lowest BCUT2D eigenvalue weighted by Gasteiger charge is -2.22. The fourth-order valence-corrected chi connectivity index (χ4v) is 5.22. The van der Waals surface area contributed by atoms with Gasteiger partial charge in [0.25, 0.3) is 10.7 Å². The summed E-state index contributed by atoms with van der Waals surface area (Å²) in [5, 5.41) is 4.36. The molecule has 1 N–H and O–H groups in total. The van der Waals surface area contributed by atoms with Crippen LogP contribution in [0, 0.1) is 10.7 Å². The number of hydrogen-bond acceptors (Lipinski definition) is 6. The first-order chi connectivity index (χ1) is 12.8. The van der Waals surface area contributed by atoms with Crippen LogP contribution in [-0.4, -0.2) is 42.3 Å². The molecule has 2 aromatic rings. The van der Waals surface area contributed by atoms with Crippen LogP contribution in [0.3, 0.4) is 0 Å². The van der Waals surface area contributed by atoms with Crippen LogP contribution in [0.25, 0.3) is 0 Å². The number of ether oxygens (including phenoxy) is 1. The van der Waals surface area contributed by atoms with Crippen molar-refractivity contribution in [3.8, 4) is 5.75 Å². The molecule has 10 heteroatoms. The lowest BCUT2D eigenvalue weighted by Crippen LogP contribution is -3.15. The Bertz CT molecular complexity index is 957. The minimum absolute atomic E-state index is 0.0224. The molecule has 0 radical (unpaired) electrons. The summed E-state index contributed by atoms with van der Waals surface area (Å²) in [5.41, 5.74) is 0. The predicted molar refractivity (Wildman–Crippen MR) is 99.3 cm³/mol. The van der Waals surface area contributed by atoms with E-state index in [1.165, 1.54) is 16.8 Å². The minimum Gasteiger partial charge on any atom is -0.478 e. The fourth-order valence-electron chi connectivity index (χ4n) is 3.21. The second-order valence-electron chi connectivity index (χ2n) is 6.67. The van der Waals surface area contributed by atoms with Gasteiger partial charge in [-0.1, -0.05) is 12.1 Å². The van der Waals surface area contributed by atoms with E-state index >= 15 is 0 Å². The lowest BCUT2D eigenvalue weighted by molar-refractivity contribution is -0.943. The van der Waals surface area contributed by atoms with Gasteiger partial charge in [0.05, 0.1) is 12.3 Å². The summed E-state index contributed by atoms with van der Waals surface area (Å²) in [6.07, 6.45) is 0.0119. The van der Waals surface area contributed by atoms with Gasteiger partial charge in [0.15, 0.2) is 34.2 Å². The second kappa shape index (κ2) is 8.07. The van der Waals surface area contributed by atoms with Gasteiger partial charge < -0.3 is 14.1 Å². The van der Waals surface area contributed by atoms with Crippen molar-refractivity contribution in [3.05, 3.63) is 40.8 Å². The monoisotopic (exact) mass is 416 g/mol. The number of quaternary nitrogens is 1. The van der Waals surface area contributed by atoms with Gasteiger partial charge in [-0.25, -0.2) is 12.8 Å². The molecule has 2 heterocycles. The largest absolute Gasteiger partial charge is 0.478 e. The molecule has 7 nitrogen and oxygen atoms in total. The van der Waals surface area contributed by atoms with Crippen molar-refractivity contribution in [2.24, 2.45) is 0 Å². The minimum atomic E-state index is -2.96. The number of halogens is 1. The first-order valence-corrected chi connectivity index (χ1v) is 11.1. The Morgan fingerprint density at radius 1 is 1.48 bits per heavy atom. The van der Waals surface area contributed by atoms with Crippen LogP contribution in [-0.2, 0) is 16.5 Å². The van der Waals surface area contributed by atoms with Crippen molar-refractivity contribution >= 4 is 22.1 Å². The van der Waals surface area contributed by atoms with Gasteiger partial charge in [0, 0.05) is 6.42 Å². The third-order valence-electron chi connectivity index (χ3n) is 4.73. The van der Waals surface area contributed by atoms with E-state index in [4.69, 9.17) is 21.4 Å². The molecule has 0 saturated carbocycles. The number of aromatic nitrogens is 2. The predicted octanol–water partition coefficient (Wildman–Crippen LogP) is 1.53. The molecular formula is C17H23FN3O4S2+. The number of nitrogens with one attached hydrogen (secondary N) is 1. The average molecular weight is 417 g/mol. The summed E-state index contributed by atoms with van der Waals surface area (Å²) in [5.74, 6) is 0.298. The first-order valence-electron chi connectivity index (χ1n) is 8.83. The van der Waals surface area contributed by atoms with Gasteiger partial charge in [-0.15, -0.1) is 5.10 Å². The van der Waals surface area contributed by atoms with E-state index in [1.54, 1.807) is 19.1 Å². The highest BCUT2D eigenvalue weighted by molar-refractivity contribution is 7.91. The summed E-state index contributed by atoms with van der Waals surface area (Å²) >= 11 is 5.24. The zero-order valence-electron chi connectivity index (χ0n) is 15.2. The zero-order valence-corrected chi connectivity index (χ0v) is 16.9. The van der Waals surface area contributed by atoms with Crippen LogP contribution in [0.2, 0.25) is 0 Å². The molecule has 1 fully saturated rings. The van der Waals surface area contributed by atoms with Crippen molar-refractivity contribution in [3.63, 3.8) is 0 Å². The van der Waals surface area contributed by atoms with E-state index in [0.29, 0.717) is 13.1 Å². The van der Waals surface area contributed by atoms with Crippen LogP contribution in [0.15, 0.2) is 28.7 Å². The Labute approximate surface area is 162 Å². The Hall–Kier alpha value is -1.78. The Balaban J connectivity index is 1.72. The fraction of sp³-hybridized carbons (Fsp3) is 0.529. The van der Waals surface area contributed by atoms with Crippen LogP contribution in [0.5, 0.6) is 5.75 Å². The maximum Gasteiger partial charge on any atom is 0.292 e. The molecule has 3 rings (SSSR count). The molecule has 0 amide bonds. The Morgan fingerprint density at radius 2 is 2.22 bits per heavy atom. The van der Waals surface area contributed by atoms with Crippen LogP contribution in [0.1, 0.15) is 32.3 Å². The van der Waals surface area contributed by atoms with Gasteiger partial charge in [-0.2, -0.15) is 4.68 Å².